The molecule has 0 saturated carbocycles. The number of hydrogen-bond donors (Lipinski definition) is 2. The van der Waals surface area contributed by atoms with Crippen LogP contribution < -0.4 is 15.6 Å². The van der Waals surface area contributed by atoms with Crippen LogP contribution in [0.4, 0.5) is 10.3 Å². The van der Waals surface area contributed by atoms with Crippen LogP contribution in [0.1, 0.15) is 61.1 Å². The number of fused-ring (bicyclic) bond motifs is 1. The molecule has 18 heteroatoms. The van der Waals surface area contributed by atoms with E-state index in [-0.39, 0.29) is 53.5 Å². The van der Waals surface area contributed by atoms with Crippen LogP contribution in [-0.4, -0.2) is 79.6 Å². The summed E-state index contributed by atoms with van der Waals surface area (Å²) in [7, 11) is -4.20. The summed E-state index contributed by atoms with van der Waals surface area (Å²) in [6, 6.07) is -1.08. The summed E-state index contributed by atoms with van der Waals surface area (Å²) in [5, 5.41) is 0.0323. The molecule has 3 heterocycles. The molecule has 5 atom stereocenters. The first-order valence-corrected chi connectivity index (χ1v) is 16.6. The molecule has 43 heavy (non-hydrogen) atoms. The van der Waals surface area contributed by atoms with E-state index in [1.807, 2.05) is 0 Å². The Labute approximate surface area is 258 Å². The zero-order chi connectivity index (χ0) is 32.2. The van der Waals surface area contributed by atoms with E-state index in [9.17, 15) is 14.2 Å². The number of nitrogens with two attached hydrogens (primary N) is 1. The van der Waals surface area contributed by atoms with Crippen LogP contribution in [0.5, 0.6) is 5.88 Å². The Morgan fingerprint density at radius 1 is 1.33 bits per heavy atom. The highest BCUT2D eigenvalue weighted by Crippen LogP contribution is 2.49. The highest BCUT2D eigenvalue weighted by atomic mass is 35.5. The number of anilines is 1. The van der Waals surface area contributed by atoms with E-state index in [2.05, 4.69) is 20.0 Å². The predicted molar refractivity (Wildman–Crippen MR) is 159 cm³/mol. The smallest absolute Gasteiger partial charge is 0.406 e. The van der Waals surface area contributed by atoms with Gasteiger partial charge in [-0.25, -0.2) is 19.0 Å². The van der Waals surface area contributed by atoms with Crippen molar-refractivity contribution >= 4 is 59.3 Å². The van der Waals surface area contributed by atoms with E-state index in [4.69, 9.17) is 40.6 Å². The molecule has 0 amide bonds. The summed E-state index contributed by atoms with van der Waals surface area (Å²) in [5.41, 5.74) is 5.61. The molecular formula is C25H39ClFN6O8PS. The van der Waals surface area contributed by atoms with Crippen molar-refractivity contribution in [2.24, 2.45) is 5.41 Å². The molecule has 0 aliphatic carbocycles. The van der Waals surface area contributed by atoms with Crippen LogP contribution in [0.25, 0.3) is 11.2 Å². The van der Waals surface area contributed by atoms with Crippen molar-refractivity contribution < 1.29 is 41.8 Å². The van der Waals surface area contributed by atoms with Crippen LogP contribution in [0.3, 0.4) is 0 Å². The van der Waals surface area contributed by atoms with Gasteiger partial charge in [-0.2, -0.15) is 9.97 Å². The minimum Gasteiger partial charge on any atom is -0.476 e. The van der Waals surface area contributed by atoms with Gasteiger partial charge in [-0.1, -0.05) is 44.1 Å². The van der Waals surface area contributed by atoms with E-state index in [1.54, 1.807) is 41.5 Å². The van der Waals surface area contributed by atoms with Crippen molar-refractivity contribution in [3.8, 4) is 5.88 Å². The maximum atomic E-state index is 15.7. The average Bonchev–Trinajstić information content (AvgIpc) is 3.43. The Balaban J connectivity index is 1.74. The van der Waals surface area contributed by atoms with Crippen molar-refractivity contribution in [2.75, 3.05) is 31.3 Å². The fourth-order valence-corrected chi connectivity index (χ4v) is 6.58. The van der Waals surface area contributed by atoms with E-state index < -0.39 is 55.3 Å². The van der Waals surface area contributed by atoms with Gasteiger partial charge >= 0.3 is 13.7 Å². The molecule has 242 valence electrons. The monoisotopic (exact) mass is 668 g/mol. The lowest BCUT2D eigenvalue weighted by atomic mass is 10.00. The Morgan fingerprint density at radius 2 is 2.02 bits per heavy atom. The Bertz CT molecular complexity index is 1340. The maximum Gasteiger partial charge on any atom is 0.406 e. The third-order valence-electron chi connectivity index (χ3n) is 5.80. The minimum atomic E-state index is -4.20. The molecule has 1 aliphatic rings. The third-order valence-corrected chi connectivity index (χ3v) is 9.10. The molecular weight excluding hydrogens is 630 g/mol. The topological polar surface area (TPSA) is 179 Å². The molecule has 0 unspecified atom stereocenters. The molecule has 1 saturated heterocycles. The van der Waals surface area contributed by atoms with Gasteiger partial charge in [0.25, 0.3) is 0 Å². The molecule has 0 bridgehead atoms. The van der Waals surface area contributed by atoms with Crippen molar-refractivity contribution in [1.82, 2.24) is 24.6 Å². The number of carbonyl (C=O) groups is 2. The Hall–Kier alpha value is -2.07. The van der Waals surface area contributed by atoms with Gasteiger partial charge in [0.1, 0.15) is 6.04 Å². The molecule has 2 aromatic rings. The van der Waals surface area contributed by atoms with Crippen molar-refractivity contribution in [3.05, 3.63) is 6.33 Å². The second kappa shape index (κ2) is 14.4. The number of hydrogen-bond acceptors (Lipinski definition) is 13. The van der Waals surface area contributed by atoms with Crippen LogP contribution in [0.15, 0.2) is 6.33 Å². The largest absolute Gasteiger partial charge is 0.476 e. The lowest BCUT2D eigenvalue weighted by molar-refractivity contribution is -0.149. The zero-order valence-corrected chi connectivity index (χ0v) is 27.6. The van der Waals surface area contributed by atoms with Gasteiger partial charge in [-0.15, -0.1) is 0 Å². The predicted octanol–water partition coefficient (Wildman–Crippen LogP) is 4.38. The summed E-state index contributed by atoms with van der Waals surface area (Å²) >= 11 is 7.26. The van der Waals surface area contributed by atoms with Crippen molar-refractivity contribution in [2.45, 2.75) is 84.5 Å². The maximum absolute atomic E-state index is 15.7. The Kier molecular flexibility index (Phi) is 11.8. The standard InChI is InChI=1S/C25H39ClFN6O8PS/c1-8-37-19-17-18(30-23(28)31-19)33(13-29-17)21-25(26,27)11-16(41-21)12-39-42(36,32-15(4)20(34)40-14(2)3)38-9-10-43-22(35)24(5,6)7/h13-16,21H,8-12H2,1-7H3,(H,32,36)(H2,28,30,31)/t15-,16-,21+,25-,42+/m0/s1. The van der Waals surface area contributed by atoms with Crippen LogP contribution >= 0.6 is 31.1 Å². The van der Waals surface area contributed by atoms with Gasteiger partial charge in [-0.3, -0.25) is 23.2 Å². The zero-order valence-electron chi connectivity index (χ0n) is 25.2. The average molecular weight is 669 g/mol. The first-order chi connectivity index (χ1) is 20.0. The number of carbonyl (C=O) groups excluding carboxylic acids is 2. The van der Waals surface area contributed by atoms with Gasteiger partial charge in [0.2, 0.25) is 17.0 Å². The number of alkyl halides is 2. The summed E-state index contributed by atoms with van der Waals surface area (Å²) in [4.78, 5) is 37.0. The van der Waals surface area contributed by atoms with Gasteiger partial charge in [0, 0.05) is 17.6 Å². The fourth-order valence-electron chi connectivity index (χ4n) is 3.84. The van der Waals surface area contributed by atoms with Gasteiger partial charge in [-0.05, 0) is 27.7 Å². The summed E-state index contributed by atoms with van der Waals surface area (Å²) < 4.78 is 58.3. The molecule has 0 radical (unpaired) electrons. The number of imidazole rings is 1. The minimum absolute atomic E-state index is 0.0760. The Morgan fingerprint density at radius 3 is 2.65 bits per heavy atom. The number of nitrogens with one attached hydrogen (secondary N) is 1. The normalized spacial score (nSPS) is 22.9. The van der Waals surface area contributed by atoms with Crippen molar-refractivity contribution in [1.29, 1.82) is 0 Å². The first-order valence-electron chi connectivity index (χ1n) is 13.7. The molecule has 1 aliphatic heterocycles. The lowest BCUT2D eigenvalue weighted by Crippen LogP contribution is -2.36. The van der Waals surface area contributed by atoms with Crippen LogP contribution in [0, 0.1) is 5.41 Å². The number of nitrogen functional groups attached to an aromatic ring is 1. The second-order valence-corrected chi connectivity index (χ2v) is 14.5. The number of ether oxygens (including phenoxy) is 3. The van der Waals surface area contributed by atoms with E-state index in [1.165, 1.54) is 17.8 Å². The molecule has 2 aromatic heterocycles. The quantitative estimate of drug-likeness (QED) is 0.125. The van der Waals surface area contributed by atoms with Gasteiger partial charge < -0.3 is 19.9 Å². The van der Waals surface area contributed by atoms with Gasteiger partial charge in [0.05, 0.1) is 38.4 Å². The molecule has 3 N–H and O–H groups in total. The number of rotatable bonds is 14. The number of aromatic nitrogens is 4. The molecule has 0 aromatic carbocycles. The number of esters is 1. The van der Waals surface area contributed by atoms with Crippen molar-refractivity contribution in [3.63, 3.8) is 0 Å². The summed E-state index contributed by atoms with van der Waals surface area (Å²) in [6.45, 7) is 11.6. The number of halogens is 2. The number of nitrogens with zero attached hydrogens (tertiary/aromatic N) is 4. The lowest BCUT2D eigenvalue weighted by Gasteiger charge is -2.24. The fraction of sp³-hybridized carbons (Fsp3) is 0.720. The highest BCUT2D eigenvalue weighted by molar-refractivity contribution is 8.13. The summed E-state index contributed by atoms with van der Waals surface area (Å²) in [5.74, 6) is -0.501. The van der Waals surface area contributed by atoms with E-state index in [0.29, 0.717) is 0 Å². The van der Waals surface area contributed by atoms with E-state index >= 15 is 4.39 Å². The third kappa shape index (κ3) is 9.46. The van der Waals surface area contributed by atoms with Crippen LogP contribution in [0.2, 0.25) is 0 Å². The highest BCUT2D eigenvalue weighted by Gasteiger charge is 2.51. The second-order valence-electron chi connectivity index (χ2n) is 11.1. The SMILES string of the molecule is CCOc1nc(N)nc2c1ncn2[C@@H]1O[C@H](CO[P@@](=O)(N[C@@H](C)C(=O)OC(C)C)OCCSC(=O)C(C)(C)C)C[C@@]1(F)Cl. The summed E-state index contributed by atoms with van der Waals surface area (Å²) in [6.07, 6.45) is -1.90. The van der Waals surface area contributed by atoms with Gasteiger partial charge in [0.15, 0.2) is 22.5 Å². The number of thioether (sulfide) groups is 1. The molecule has 1 fully saturated rings. The van der Waals surface area contributed by atoms with E-state index in [0.717, 1.165) is 11.8 Å². The molecule has 14 nitrogen and oxygen atoms in total. The molecule has 3 rings (SSSR count). The van der Waals surface area contributed by atoms with Crippen LogP contribution in [-0.2, 0) is 32.7 Å². The molecule has 0 spiro atoms. The first kappa shape index (κ1) is 35.4.